The number of nitrogens with zero attached hydrogens (tertiary/aromatic N) is 3. The van der Waals surface area contributed by atoms with Crippen molar-refractivity contribution in [2.24, 2.45) is 4.99 Å². The summed E-state index contributed by atoms with van der Waals surface area (Å²) in [6.45, 7) is 3.68. The molecule has 0 aliphatic rings. The summed E-state index contributed by atoms with van der Waals surface area (Å²) in [5.41, 5.74) is 0. The predicted molar refractivity (Wildman–Crippen MR) is 92.5 cm³/mol. The second kappa shape index (κ2) is 9.01. The molecule has 0 saturated heterocycles. The van der Waals surface area contributed by atoms with Crippen LogP contribution in [0.3, 0.4) is 0 Å². The molecule has 2 N–H and O–H groups in total. The summed E-state index contributed by atoms with van der Waals surface area (Å²) < 4.78 is 1.14. The summed E-state index contributed by atoms with van der Waals surface area (Å²) in [4.78, 5) is 14.0. The van der Waals surface area contributed by atoms with Gasteiger partial charge in [0.1, 0.15) is 9.35 Å². The number of hydrogen-bond acceptors (Lipinski definition) is 6. The summed E-state index contributed by atoms with van der Waals surface area (Å²) in [7, 11) is 1.78. The Morgan fingerprint density at radius 1 is 1.38 bits per heavy atom. The highest BCUT2D eigenvalue weighted by Gasteiger charge is 2.01. The van der Waals surface area contributed by atoms with Gasteiger partial charge in [-0.05, 0) is 13.3 Å². The van der Waals surface area contributed by atoms with Gasteiger partial charge in [-0.1, -0.05) is 11.8 Å². The smallest absolute Gasteiger partial charge is 0.191 e. The molecule has 0 fully saturated rings. The zero-order chi connectivity index (χ0) is 14.9. The first kappa shape index (κ1) is 16.3. The molecule has 0 saturated carbocycles. The van der Waals surface area contributed by atoms with Gasteiger partial charge in [-0.25, -0.2) is 9.97 Å². The average Bonchev–Trinajstić information content (AvgIpc) is 3.13. The van der Waals surface area contributed by atoms with E-state index in [1.54, 1.807) is 41.5 Å². The Morgan fingerprint density at radius 2 is 2.29 bits per heavy atom. The lowest BCUT2D eigenvalue weighted by molar-refractivity contribution is 0.783. The highest BCUT2D eigenvalue weighted by Crippen LogP contribution is 2.20. The zero-order valence-electron chi connectivity index (χ0n) is 12.1. The van der Waals surface area contributed by atoms with Crippen molar-refractivity contribution in [3.63, 3.8) is 0 Å². The Hall–Kier alpha value is -1.12. The first-order valence-corrected chi connectivity index (χ1v) is 9.34. The molecule has 0 spiro atoms. The lowest BCUT2D eigenvalue weighted by atomic mass is 10.5. The van der Waals surface area contributed by atoms with Crippen LogP contribution < -0.4 is 10.6 Å². The fourth-order valence-corrected chi connectivity index (χ4v) is 3.96. The van der Waals surface area contributed by atoms with E-state index in [4.69, 9.17) is 0 Å². The largest absolute Gasteiger partial charge is 0.356 e. The summed E-state index contributed by atoms with van der Waals surface area (Å²) in [6.07, 6.45) is 4.81. The standard InChI is InChI=1S/C13H19N5S3/c1-10-8-17-11(21-10)9-18-12(14-2)15-4-3-6-19-13-16-5-7-20-13/h5,7-8H,3-4,6,9H2,1-2H3,(H2,14,15,18). The number of hydrogen-bond donors (Lipinski definition) is 2. The normalized spacial score (nSPS) is 11.6. The molecule has 0 radical (unpaired) electrons. The van der Waals surface area contributed by atoms with Gasteiger partial charge < -0.3 is 10.6 Å². The lowest BCUT2D eigenvalue weighted by Gasteiger charge is -2.10. The van der Waals surface area contributed by atoms with Crippen LogP contribution in [0.5, 0.6) is 0 Å². The van der Waals surface area contributed by atoms with E-state index in [0.717, 1.165) is 34.0 Å². The fourth-order valence-electron chi connectivity index (χ4n) is 1.58. The Morgan fingerprint density at radius 3 is 2.95 bits per heavy atom. The topological polar surface area (TPSA) is 62.2 Å². The van der Waals surface area contributed by atoms with E-state index in [1.807, 2.05) is 17.8 Å². The van der Waals surface area contributed by atoms with Crippen molar-refractivity contribution in [2.45, 2.75) is 24.2 Å². The van der Waals surface area contributed by atoms with E-state index in [-0.39, 0.29) is 0 Å². The van der Waals surface area contributed by atoms with E-state index >= 15 is 0 Å². The van der Waals surface area contributed by atoms with Gasteiger partial charge in [-0.15, -0.1) is 22.7 Å². The number of thiazole rings is 2. The SMILES string of the molecule is CN=C(NCCCSc1nccs1)NCc1ncc(C)s1. The Kier molecular flexibility index (Phi) is 6.98. The minimum Gasteiger partial charge on any atom is -0.356 e. The number of guanidine groups is 1. The van der Waals surface area contributed by atoms with E-state index in [9.17, 15) is 0 Å². The van der Waals surface area contributed by atoms with Crippen LogP contribution >= 0.6 is 34.4 Å². The highest BCUT2D eigenvalue weighted by atomic mass is 32.2. The second-order valence-corrected chi connectivity index (χ2v) is 7.77. The molecule has 114 valence electrons. The number of nitrogens with one attached hydrogen (secondary N) is 2. The van der Waals surface area contributed by atoms with Crippen molar-refractivity contribution >= 4 is 40.4 Å². The second-order valence-electron chi connectivity index (χ2n) is 4.22. The quantitative estimate of drug-likeness (QED) is 0.351. The van der Waals surface area contributed by atoms with Crippen LogP contribution in [0.1, 0.15) is 16.3 Å². The average molecular weight is 342 g/mol. The summed E-state index contributed by atoms with van der Waals surface area (Å²) >= 11 is 5.19. The third-order valence-electron chi connectivity index (χ3n) is 2.55. The van der Waals surface area contributed by atoms with Crippen molar-refractivity contribution in [3.05, 3.63) is 27.7 Å². The number of thioether (sulfide) groups is 1. The maximum atomic E-state index is 4.32. The minimum atomic E-state index is 0.714. The first-order valence-electron chi connectivity index (χ1n) is 6.66. The molecule has 2 heterocycles. The van der Waals surface area contributed by atoms with E-state index < -0.39 is 0 Å². The molecular weight excluding hydrogens is 322 g/mol. The molecule has 8 heteroatoms. The number of aromatic nitrogens is 2. The maximum Gasteiger partial charge on any atom is 0.191 e. The molecule has 0 aliphatic carbocycles. The van der Waals surface area contributed by atoms with Gasteiger partial charge in [-0.2, -0.15) is 0 Å². The zero-order valence-corrected chi connectivity index (χ0v) is 14.6. The molecule has 2 aromatic rings. The highest BCUT2D eigenvalue weighted by molar-refractivity contribution is 8.00. The van der Waals surface area contributed by atoms with Crippen LogP contribution in [-0.2, 0) is 6.54 Å². The van der Waals surface area contributed by atoms with Gasteiger partial charge in [0, 0.05) is 42.0 Å². The monoisotopic (exact) mass is 341 g/mol. The van der Waals surface area contributed by atoms with Crippen LogP contribution in [-0.4, -0.2) is 35.3 Å². The minimum absolute atomic E-state index is 0.714. The molecule has 0 amide bonds. The number of aryl methyl sites for hydroxylation is 1. The van der Waals surface area contributed by atoms with Crippen molar-refractivity contribution < 1.29 is 0 Å². The van der Waals surface area contributed by atoms with Gasteiger partial charge in [0.15, 0.2) is 5.96 Å². The van der Waals surface area contributed by atoms with Gasteiger partial charge in [0.2, 0.25) is 0 Å². The van der Waals surface area contributed by atoms with Gasteiger partial charge in [0.05, 0.1) is 6.54 Å². The van der Waals surface area contributed by atoms with E-state index in [0.29, 0.717) is 6.54 Å². The first-order chi connectivity index (χ1) is 10.3. The van der Waals surface area contributed by atoms with E-state index in [1.165, 1.54) is 4.88 Å². The van der Waals surface area contributed by atoms with Crippen LogP contribution in [0, 0.1) is 6.92 Å². The van der Waals surface area contributed by atoms with Crippen LogP contribution in [0.15, 0.2) is 27.1 Å². The molecular formula is C13H19N5S3. The van der Waals surface area contributed by atoms with E-state index in [2.05, 4.69) is 32.5 Å². The molecule has 0 unspecified atom stereocenters. The molecule has 0 bridgehead atoms. The molecule has 5 nitrogen and oxygen atoms in total. The third-order valence-corrected chi connectivity index (χ3v) is 5.51. The number of aliphatic imine (C=N–C) groups is 1. The van der Waals surface area contributed by atoms with Gasteiger partial charge in [0.25, 0.3) is 0 Å². The van der Waals surface area contributed by atoms with Crippen molar-refractivity contribution in [3.8, 4) is 0 Å². The molecule has 2 aromatic heterocycles. The van der Waals surface area contributed by atoms with Crippen LogP contribution in [0.4, 0.5) is 0 Å². The lowest BCUT2D eigenvalue weighted by Crippen LogP contribution is -2.37. The predicted octanol–water partition coefficient (Wildman–Crippen LogP) is 2.76. The van der Waals surface area contributed by atoms with Crippen molar-refractivity contribution in [1.29, 1.82) is 0 Å². The van der Waals surface area contributed by atoms with Crippen molar-refractivity contribution in [1.82, 2.24) is 20.6 Å². The van der Waals surface area contributed by atoms with Gasteiger partial charge in [-0.3, -0.25) is 4.99 Å². The third kappa shape index (κ3) is 6.03. The molecule has 0 aliphatic heterocycles. The Labute approximate surface area is 137 Å². The summed E-state index contributed by atoms with van der Waals surface area (Å²) in [5.74, 6) is 1.88. The number of rotatable bonds is 7. The Bertz CT molecular complexity index is 550. The molecule has 0 aromatic carbocycles. The maximum absolute atomic E-state index is 4.32. The van der Waals surface area contributed by atoms with Crippen LogP contribution in [0.2, 0.25) is 0 Å². The molecule has 21 heavy (non-hydrogen) atoms. The summed E-state index contributed by atoms with van der Waals surface area (Å²) in [6, 6.07) is 0. The van der Waals surface area contributed by atoms with Gasteiger partial charge >= 0.3 is 0 Å². The fraction of sp³-hybridized carbons (Fsp3) is 0.462. The molecule has 0 atom stereocenters. The molecule has 2 rings (SSSR count). The Balaban J connectivity index is 1.59. The van der Waals surface area contributed by atoms with Crippen LogP contribution in [0.25, 0.3) is 0 Å². The summed E-state index contributed by atoms with van der Waals surface area (Å²) in [5, 5.41) is 9.67. The van der Waals surface area contributed by atoms with Crippen molar-refractivity contribution in [2.75, 3.05) is 19.3 Å².